The van der Waals surface area contributed by atoms with Crippen LogP contribution in [0.1, 0.15) is 0 Å². The molecule has 0 spiro atoms. The van der Waals surface area contributed by atoms with E-state index in [1.807, 2.05) is 0 Å². The fraction of sp³-hybridized carbons (Fsp3) is 0.500. The molecule has 0 atom stereocenters. The first kappa shape index (κ1) is 11.4. The van der Waals surface area contributed by atoms with Gasteiger partial charge in [0.15, 0.2) is 0 Å². The lowest BCUT2D eigenvalue weighted by molar-refractivity contribution is -0.108. The van der Waals surface area contributed by atoms with Gasteiger partial charge in [0.25, 0.3) is 10.1 Å². The number of hydrogen-bond acceptors (Lipinski definition) is 2. The van der Waals surface area contributed by atoms with Crippen LogP contribution in [-0.4, -0.2) is 24.9 Å². The van der Waals surface area contributed by atoms with Gasteiger partial charge in [0.05, 0.1) is 5.75 Å². The summed E-state index contributed by atoms with van der Waals surface area (Å²) in [5, 5.41) is 0. The summed E-state index contributed by atoms with van der Waals surface area (Å²) in [6.07, 6.45) is -5.46. The largest absolute Gasteiger partial charge is 0.442 e. The Morgan fingerprint density at radius 3 is 2.08 bits per heavy atom. The molecule has 12 heavy (non-hydrogen) atoms. The molecule has 0 aliphatic rings. The van der Waals surface area contributed by atoms with Crippen molar-refractivity contribution in [2.75, 3.05) is 5.75 Å². The predicted octanol–water partition coefficient (Wildman–Crippen LogP) is 1.29. The third-order valence-corrected chi connectivity index (χ3v) is 1.33. The number of rotatable bonds is 2. The summed E-state index contributed by atoms with van der Waals surface area (Å²) < 4.78 is 73.3. The lowest BCUT2D eigenvalue weighted by atomic mass is 10.5. The third kappa shape index (κ3) is 5.08. The first-order chi connectivity index (χ1) is 5.13. The maximum atomic E-state index is 11.8. The van der Waals surface area contributed by atoms with Crippen LogP contribution in [0.15, 0.2) is 11.9 Å². The minimum atomic E-state index is -5.20. The van der Waals surface area contributed by atoms with Gasteiger partial charge in [-0.15, -0.1) is 0 Å². The maximum Gasteiger partial charge on any atom is 0.442 e. The highest BCUT2D eigenvalue weighted by molar-refractivity contribution is 7.85. The van der Waals surface area contributed by atoms with Gasteiger partial charge in [-0.25, -0.2) is 4.39 Å². The number of hydrogen-bond donors (Lipinski definition) is 1. The van der Waals surface area contributed by atoms with E-state index in [0.717, 1.165) is 0 Å². The second kappa shape index (κ2) is 3.40. The zero-order valence-electron chi connectivity index (χ0n) is 5.47. The summed E-state index contributed by atoms with van der Waals surface area (Å²) in [4.78, 5) is 0. The Labute approximate surface area is 65.4 Å². The van der Waals surface area contributed by atoms with E-state index in [-0.39, 0.29) is 6.08 Å². The Hall–Kier alpha value is -0.630. The molecule has 0 radical (unpaired) electrons. The van der Waals surface area contributed by atoms with Crippen molar-refractivity contribution in [2.45, 2.75) is 6.18 Å². The topological polar surface area (TPSA) is 54.4 Å². The van der Waals surface area contributed by atoms with Crippen LogP contribution >= 0.6 is 0 Å². The number of halogens is 4. The highest BCUT2D eigenvalue weighted by Crippen LogP contribution is 2.26. The standard InChI is InChI=1S/C4H4F4O3S/c5-3(4(6,7)8)1-2-12(9,10)11/h1H,2H2,(H,9,10,11). The van der Waals surface area contributed by atoms with Crippen LogP contribution in [-0.2, 0) is 10.1 Å². The summed E-state index contributed by atoms with van der Waals surface area (Å²) >= 11 is 0. The molecule has 0 unspecified atom stereocenters. The summed E-state index contributed by atoms with van der Waals surface area (Å²) in [6.45, 7) is 0. The van der Waals surface area contributed by atoms with E-state index >= 15 is 0 Å². The number of alkyl halides is 3. The minimum Gasteiger partial charge on any atom is -0.285 e. The Morgan fingerprint density at radius 2 is 1.83 bits per heavy atom. The molecule has 72 valence electrons. The van der Waals surface area contributed by atoms with Gasteiger partial charge in [-0.1, -0.05) is 0 Å². The molecule has 3 nitrogen and oxygen atoms in total. The molecule has 0 saturated heterocycles. The van der Waals surface area contributed by atoms with Crippen molar-refractivity contribution in [3.63, 3.8) is 0 Å². The lowest BCUT2D eigenvalue weighted by Crippen LogP contribution is -2.10. The zero-order valence-corrected chi connectivity index (χ0v) is 6.28. The monoisotopic (exact) mass is 208 g/mol. The summed E-state index contributed by atoms with van der Waals surface area (Å²) in [5.41, 5.74) is 0. The average Bonchev–Trinajstić information content (AvgIpc) is 1.78. The van der Waals surface area contributed by atoms with E-state index in [2.05, 4.69) is 0 Å². The Bertz CT molecular complexity index is 275. The van der Waals surface area contributed by atoms with Gasteiger partial charge < -0.3 is 0 Å². The second-order valence-corrected chi connectivity index (χ2v) is 3.30. The summed E-state index contributed by atoms with van der Waals surface area (Å²) in [5.74, 6) is -3.93. The van der Waals surface area contributed by atoms with Crippen LogP contribution in [0, 0.1) is 0 Å². The average molecular weight is 208 g/mol. The molecule has 0 amide bonds. The molecule has 0 aliphatic carbocycles. The predicted molar refractivity (Wildman–Crippen MR) is 31.7 cm³/mol. The van der Waals surface area contributed by atoms with Gasteiger partial charge in [0.1, 0.15) is 0 Å². The fourth-order valence-corrected chi connectivity index (χ4v) is 0.651. The van der Waals surface area contributed by atoms with Gasteiger partial charge >= 0.3 is 6.18 Å². The van der Waals surface area contributed by atoms with Gasteiger partial charge in [0, 0.05) is 0 Å². The van der Waals surface area contributed by atoms with Gasteiger partial charge in [0.2, 0.25) is 5.83 Å². The van der Waals surface area contributed by atoms with Crippen LogP contribution < -0.4 is 0 Å². The van der Waals surface area contributed by atoms with E-state index in [9.17, 15) is 26.0 Å². The van der Waals surface area contributed by atoms with Crippen LogP contribution in [0.5, 0.6) is 0 Å². The molecule has 0 aliphatic heterocycles. The van der Waals surface area contributed by atoms with Crippen LogP contribution in [0.2, 0.25) is 0 Å². The first-order valence-electron chi connectivity index (χ1n) is 2.51. The zero-order chi connectivity index (χ0) is 9.99. The normalized spacial score (nSPS) is 14.9. The maximum absolute atomic E-state index is 11.8. The lowest BCUT2D eigenvalue weighted by Gasteiger charge is -2.00. The summed E-state index contributed by atoms with van der Waals surface area (Å²) in [6, 6.07) is 0. The molecule has 0 aromatic carbocycles. The molecule has 0 saturated carbocycles. The molecular weight excluding hydrogens is 204 g/mol. The van der Waals surface area contributed by atoms with Crippen molar-refractivity contribution >= 4 is 10.1 Å². The Balaban J connectivity index is 4.42. The van der Waals surface area contributed by atoms with Crippen molar-refractivity contribution in [1.82, 2.24) is 0 Å². The summed E-state index contributed by atoms with van der Waals surface area (Å²) in [7, 11) is -4.60. The van der Waals surface area contributed by atoms with E-state index in [1.165, 1.54) is 0 Å². The van der Waals surface area contributed by atoms with Gasteiger partial charge in [-0.2, -0.15) is 21.6 Å². The number of allylic oxidation sites excluding steroid dienone is 1. The second-order valence-electron chi connectivity index (χ2n) is 1.80. The molecule has 0 aromatic rings. The van der Waals surface area contributed by atoms with E-state index in [0.29, 0.717) is 0 Å². The van der Waals surface area contributed by atoms with E-state index in [4.69, 9.17) is 4.55 Å². The van der Waals surface area contributed by atoms with Gasteiger partial charge in [-0.05, 0) is 6.08 Å². The molecule has 0 bridgehead atoms. The van der Waals surface area contributed by atoms with E-state index < -0.39 is 27.9 Å². The Morgan fingerprint density at radius 1 is 1.42 bits per heavy atom. The highest BCUT2D eigenvalue weighted by Gasteiger charge is 2.34. The van der Waals surface area contributed by atoms with Crippen molar-refractivity contribution < 1.29 is 30.5 Å². The molecule has 0 rings (SSSR count). The van der Waals surface area contributed by atoms with Gasteiger partial charge in [-0.3, -0.25) is 4.55 Å². The quantitative estimate of drug-likeness (QED) is 0.549. The Kier molecular flexibility index (Phi) is 3.22. The van der Waals surface area contributed by atoms with Crippen molar-refractivity contribution in [3.8, 4) is 0 Å². The molecule has 8 heteroatoms. The van der Waals surface area contributed by atoms with Crippen molar-refractivity contribution in [3.05, 3.63) is 11.9 Å². The molecule has 1 N–H and O–H groups in total. The molecule has 0 heterocycles. The minimum absolute atomic E-state index is 0.255. The smallest absolute Gasteiger partial charge is 0.285 e. The van der Waals surface area contributed by atoms with Crippen molar-refractivity contribution in [2.24, 2.45) is 0 Å². The molecule has 0 fully saturated rings. The van der Waals surface area contributed by atoms with Crippen LogP contribution in [0.4, 0.5) is 17.6 Å². The van der Waals surface area contributed by atoms with Crippen molar-refractivity contribution in [1.29, 1.82) is 0 Å². The van der Waals surface area contributed by atoms with Crippen LogP contribution in [0.3, 0.4) is 0 Å². The third-order valence-electron chi connectivity index (χ3n) is 0.744. The molecular formula is C4H4F4O3S. The fourth-order valence-electron chi connectivity index (χ4n) is 0.294. The first-order valence-corrected chi connectivity index (χ1v) is 4.12. The SMILES string of the molecule is O=S(=O)(O)CC=C(F)C(F)(F)F. The van der Waals surface area contributed by atoms with E-state index in [1.54, 1.807) is 0 Å². The van der Waals surface area contributed by atoms with Crippen LogP contribution in [0.25, 0.3) is 0 Å². The highest BCUT2D eigenvalue weighted by atomic mass is 32.2. The molecule has 0 aromatic heterocycles.